The van der Waals surface area contributed by atoms with E-state index >= 15 is 0 Å². The van der Waals surface area contributed by atoms with Gasteiger partial charge in [-0.3, -0.25) is 14.9 Å². The zero-order chi connectivity index (χ0) is 20.8. The third kappa shape index (κ3) is 4.34. The predicted molar refractivity (Wildman–Crippen MR) is 93.8 cm³/mol. The molecule has 0 aliphatic carbocycles. The molecule has 0 unspecified atom stereocenters. The molecule has 0 amide bonds. The predicted octanol–water partition coefficient (Wildman–Crippen LogP) is 2.80. The van der Waals surface area contributed by atoms with Gasteiger partial charge in [-0.2, -0.15) is 0 Å². The van der Waals surface area contributed by atoms with Crippen LogP contribution in [0.1, 0.15) is 20.7 Å². The van der Waals surface area contributed by atoms with E-state index in [4.69, 9.17) is 18.9 Å². The third-order valence-corrected chi connectivity index (χ3v) is 3.71. The van der Waals surface area contributed by atoms with Gasteiger partial charge in [0.1, 0.15) is 17.1 Å². The summed E-state index contributed by atoms with van der Waals surface area (Å²) < 4.78 is 33.2. The maximum absolute atomic E-state index is 13.4. The van der Waals surface area contributed by atoms with E-state index in [1.165, 1.54) is 27.4 Å². The molecule has 0 saturated carbocycles. The first-order valence-electron chi connectivity index (χ1n) is 7.76. The summed E-state index contributed by atoms with van der Waals surface area (Å²) in [7, 11) is 3.87. The maximum atomic E-state index is 13.4. The van der Waals surface area contributed by atoms with E-state index in [2.05, 4.69) is 0 Å². The monoisotopic (exact) mass is 393 g/mol. The van der Waals surface area contributed by atoms with E-state index in [0.717, 1.165) is 24.3 Å². The van der Waals surface area contributed by atoms with Crippen molar-refractivity contribution >= 4 is 17.4 Å². The average molecular weight is 393 g/mol. The number of carbonyl (C=O) groups is 2. The second-order valence-electron chi connectivity index (χ2n) is 5.33. The number of methoxy groups -OCH3 is 3. The molecule has 0 bridgehead atoms. The van der Waals surface area contributed by atoms with Crippen LogP contribution in [0.5, 0.6) is 17.2 Å². The Labute approximate surface area is 158 Å². The Morgan fingerprint density at radius 3 is 2.14 bits per heavy atom. The van der Waals surface area contributed by atoms with Crippen LogP contribution >= 0.6 is 0 Å². The molecule has 2 aromatic rings. The number of hydrogen-bond donors (Lipinski definition) is 0. The molecule has 2 aromatic carbocycles. The molecule has 148 valence electrons. The van der Waals surface area contributed by atoms with Gasteiger partial charge >= 0.3 is 5.97 Å². The lowest BCUT2D eigenvalue weighted by Crippen LogP contribution is -2.16. The molecule has 0 heterocycles. The van der Waals surface area contributed by atoms with Gasteiger partial charge in [0, 0.05) is 6.07 Å². The van der Waals surface area contributed by atoms with Crippen molar-refractivity contribution in [3.05, 3.63) is 57.4 Å². The van der Waals surface area contributed by atoms with Crippen molar-refractivity contribution in [1.82, 2.24) is 0 Å². The molecule has 0 radical (unpaired) electrons. The average Bonchev–Trinajstić information content (AvgIpc) is 2.70. The second-order valence-corrected chi connectivity index (χ2v) is 5.33. The van der Waals surface area contributed by atoms with Crippen molar-refractivity contribution in [2.24, 2.45) is 0 Å². The summed E-state index contributed by atoms with van der Waals surface area (Å²) in [6.45, 7) is -0.774. The minimum Gasteiger partial charge on any atom is -0.496 e. The molecule has 2 rings (SSSR count). The zero-order valence-electron chi connectivity index (χ0n) is 15.2. The number of nitro groups is 1. The van der Waals surface area contributed by atoms with Gasteiger partial charge in [-0.25, -0.2) is 9.18 Å². The SMILES string of the molecule is COc1cc(C(=O)OCC(=O)c2cc(F)ccc2OC)c([N+](=O)[O-])cc1OC. The van der Waals surface area contributed by atoms with Gasteiger partial charge in [0.15, 0.2) is 18.1 Å². The summed E-state index contributed by atoms with van der Waals surface area (Å²) in [4.78, 5) is 35.0. The lowest BCUT2D eigenvalue weighted by atomic mass is 10.1. The van der Waals surface area contributed by atoms with Crippen LogP contribution in [0.4, 0.5) is 10.1 Å². The van der Waals surface area contributed by atoms with E-state index in [9.17, 15) is 24.1 Å². The molecule has 10 heteroatoms. The van der Waals surface area contributed by atoms with Crippen molar-refractivity contribution in [2.45, 2.75) is 0 Å². The van der Waals surface area contributed by atoms with Crippen LogP contribution in [0, 0.1) is 15.9 Å². The van der Waals surface area contributed by atoms with Gasteiger partial charge in [-0.05, 0) is 18.2 Å². The number of carbonyl (C=O) groups excluding carboxylic acids is 2. The highest BCUT2D eigenvalue weighted by Gasteiger charge is 2.26. The Morgan fingerprint density at radius 1 is 0.964 bits per heavy atom. The first kappa shape index (κ1) is 20.6. The van der Waals surface area contributed by atoms with Crippen molar-refractivity contribution < 1.29 is 37.9 Å². The smallest absolute Gasteiger partial charge is 0.345 e. The zero-order valence-corrected chi connectivity index (χ0v) is 15.2. The second kappa shape index (κ2) is 8.80. The molecule has 0 aliphatic heterocycles. The first-order valence-corrected chi connectivity index (χ1v) is 7.76. The van der Waals surface area contributed by atoms with E-state index in [1.54, 1.807) is 0 Å². The number of rotatable bonds is 8. The fraction of sp³-hybridized carbons (Fsp3) is 0.222. The van der Waals surface area contributed by atoms with E-state index in [-0.39, 0.29) is 22.8 Å². The number of nitro benzene ring substituents is 1. The van der Waals surface area contributed by atoms with Crippen molar-refractivity contribution in [1.29, 1.82) is 0 Å². The van der Waals surface area contributed by atoms with Crippen molar-refractivity contribution in [3.8, 4) is 17.2 Å². The van der Waals surface area contributed by atoms with Gasteiger partial charge in [-0.15, -0.1) is 0 Å². The number of esters is 1. The molecule has 0 aromatic heterocycles. The van der Waals surface area contributed by atoms with Crippen LogP contribution in [0.3, 0.4) is 0 Å². The van der Waals surface area contributed by atoms with E-state index < -0.39 is 40.4 Å². The topological polar surface area (TPSA) is 114 Å². The van der Waals surface area contributed by atoms with Crippen LogP contribution in [0.15, 0.2) is 30.3 Å². The van der Waals surface area contributed by atoms with Crippen molar-refractivity contribution in [3.63, 3.8) is 0 Å². The minimum atomic E-state index is -1.13. The molecule has 9 nitrogen and oxygen atoms in total. The Hall–Kier alpha value is -3.69. The minimum absolute atomic E-state index is 0.0475. The molecule has 28 heavy (non-hydrogen) atoms. The van der Waals surface area contributed by atoms with Crippen LogP contribution < -0.4 is 14.2 Å². The van der Waals surface area contributed by atoms with Crippen LogP contribution in [0.2, 0.25) is 0 Å². The van der Waals surface area contributed by atoms with Crippen LogP contribution in [-0.4, -0.2) is 44.6 Å². The fourth-order valence-corrected chi connectivity index (χ4v) is 2.37. The number of ether oxygens (including phenoxy) is 4. The molecular formula is C18H16FNO8. The number of ketones is 1. The summed E-state index contributed by atoms with van der Waals surface area (Å²) >= 11 is 0. The van der Waals surface area contributed by atoms with E-state index in [0.29, 0.717) is 0 Å². The fourth-order valence-electron chi connectivity index (χ4n) is 2.37. The molecule has 0 saturated heterocycles. The highest BCUT2D eigenvalue weighted by molar-refractivity contribution is 6.02. The largest absolute Gasteiger partial charge is 0.496 e. The normalized spacial score (nSPS) is 10.1. The molecule has 0 spiro atoms. The van der Waals surface area contributed by atoms with E-state index in [1.807, 2.05) is 0 Å². The summed E-state index contributed by atoms with van der Waals surface area (Å²) in [5.74, 6) is -2.33. The number of benzene rings is 2. The van der Waals surface area contributed by atoms with Gasteiger partial charge in [-0.1, -0.05) is 0 Å². The first-order chi connectivity index (χ1) is 13.3. The van der Waals surface area contributed by atoms with Gasteiger partial charge in [0.2, 0.25) is 5.78 Å². The van der Waals surface area contributed by atoms with Crippen LogP contribution in [-0.2, 0) is 4.74 Å². The highest BCUT2D eigenvalue weighted by atomic mass is 19.1. The molecule has 0 atom stereocenters. The standard InChI is InChI=1S/C18H16FNO8/c1-25-15-5-4-10(19)6-12(15)14(21)9-28-18(22)11-7-16(26-2)17(27-3)8-13(11)20(23)24/h4-8H,9H2,1-3H3. The van der Waals surface area contributed by atoms with Crippen molar-refractivity contribution in [2.75, 3.05) is 27.9 Å². The maximum Gasteiger partial charge on any atom is 0.345 e. The van der Waals surface area contributed by atoms with Gasteiger partial charge < -0.3 is 18.9 Å². The number of hydrogen-bond acceptors (Lipinski definition) is 8. The quantitative estimate of drug-likeness (QED) is 0.291. The summed E-state index contributed by atoms with van der Waals surface area (Å²) in [6, 6.07) is 5.38. The number of nitrogens with zero attached hydrogens (tertiary/aromatic N) is 1. The summed E-state index contributed by atoms with van der Waals surface area (Å²) in [5, 5.41) is 11.3. The molecule has 0 fully saturated rings. The molecular weight excluding hydrogens is 377 g/mol. The lowest BCUT2D eigenvalue weighted by molar-refractivity contribution is -0.385. The Bertz CT molecular complexity index is 928. The summed E-state index contributed by atoms with van der Waals surface area (Å²) in [6.07, 6.45) is 0. The van der Waals surface area contributed by atoms with Gasteiger partial charge in [0.25, 0.3) is 5.69 Å². The Morgan fingerprint density at radius 2 is 1.57 bits per heavy atom. The van der Waals surface area contributed by atoms with Crippen LogP contribution in [0.25, 0.3) is 0 Å². The molecule has 0 aliphatic rings. The Balaban J connectivity index is 2.27. The summed E-state index contributed by atoms with van der Waals surface area (Å²) in [5.41, 5.74) is -1.14. The third-order valence-electron chi connectivity index (χ3n) is 3.71. The number of halogens is 1. The highest BCUT2D eigenvalue weighted by Crippen LogP contribution is 2.34. The Kier molecular flexibility index (Phi) is 6.48. The lowest BCUT2D eigenvalue weighted by Gasteiger charge is -2.11. The molecule has 0 N–H and O–H groups in total. The van der Waals surface area contributed by atoms with Gasteiger partial charge in [0.05, 0.1) is 37.9 Å². The number of Topliss-reactive ketones (excluding diaryl/α,β-unsaturated/α-hetero) is 1.